The minimum absolute atomic E-state index is 0.222. The summed E-state index contributed by atoms with van der Waals surface area (Å²) in [5.41, 5.74) is 3.95. The summed E-state index contributed by atoms with van der Waals surface area (Å²) >= 11 is 2.34. The first-order valence-electron chi connectivity index (χ1n) is 6.08. The largest absolute Gasteiger partial charge is 0.481 e. The lowest BCUT2D eigenvalue weighted by molar-refractivity contribution is -0.136. The molecule has 19 heavy (non-hydrogen) atoms. The van der Waals surface area contributed by atoms with Crippen LogP contribution in [0, 0.1) is 10.5 Å². The van der Waals surface area contributed by atoms with E-state index in [0.29, 0.717) is 0 Å². The van der Waals surface area contributed by atoms with Crippen LogP contribution < -0.4 is 0 Å². The number of carbonyl (C=O) groups is 1. The fraction of sp³-hybridized carbons (Fsp3) is 0.188. The zero-order chi connectivity index (χ0) is 14.3. The zero-order valence-electron chi connectivity index (χ0n) is 11.1. The Labute approximate surface area is 127 Å². The summed E-state index contributed by atoms with van der Waals surface area (Å²) in [4.78, 5) is 9.37. The SMILES string of the molecule is CCC(=O)O.Cc1ccccc1-c1cccc(I)c1. The predicted molar refractivity (Wildman–Crippen MR) is 87.3 cm³/mol. The van der Waals surface area contributed by atoms with Gasteiger partial charge in [0.1, 0.15) is 0 Å². The van der Waals surface area contributed by atoms with Gasteiger partial charge in [0.25, 0.3) is 0 Å². The van der Waals surface area contributed by atoms with Crippen LogP contribution in [0.2, 0.25) is 0 Å². The van der Waals surface area contributed by atoms with Crippen molar-refractivity contribution in [3.63, 3.8) is 0 Å². The van der Waals surface area contributed by atoms with Crippen LogP contribution in [-0.2, 0) is 4.79 Å². The Morgan fingerprint density at radius 1 is 1.16 bits per heavy atom. The van der Waals surface area contributed by atoms with Gasteiger partial charge in [-0.15, -0.1) is 0 Å². The van der Waals surface area contributed by atoms with Crippen molar-refractivity contribution in [2.75, 3.05) is 0 Å². The highest BCUT2D eigenvalue weighted by Gasteiger charge is 2.00. The number of rotatable bonds is 2. The average molecular weight is 368 g/mol. The summed E-state index contributed by atoms with van der Waals surface area (Å²) in [6.45, 7) is 3.75. The molecule has 0 bridgehead atoms. The fourth-order valence-corrected chi connectivity index (χ4v) is 2.10. The van der Waals surface area contributed by atoms with Gasteiger partial charge in [-0.3, -0.25) is 4.79 Å². The first kappa shape index (κ1) is 15.7. The van der Waals surface area contributed by atoms with Gasteiger partial charge in [0.15, 0.2) is 0 Å². The van der Waals surface area contributed by atoms with Crippen LogP contribution in [0.1, 0.15) is 18.9 Å². The smallest absolute Gasteiger partial charge is 0.303 e. The van der Waals surface area contributed by atoms with Crippen molar-refractivity contribution in [3.8, 4) is 11.1 Å². The van der Waals surface area contributed by atoms with Gasteiger partial charge in [0.05, 0.1) is 0 Å². The number of aryl methyl sites for hydroxylation is 1. The summed E-state index contributed by atoms with van der Waals surface area (Å²) in [6.07, 6.45) is 0.222. The van der Waals surface area contributed by atoms with Crippen molar-refractivity contribution in [2.45, 2.75) is 20.3 Å². The molecule has 0 aliphatic rings. The molecule has 0 saturated carbocycles. The quantitative estimate of drug-likeness (QED) is 0.777. The molecule has 0 aliphatic heterocycles. The second kappa shape index (κ2) is 7.94. The minimum Gasteiger partial charge on any atom is -0.481 e. The zero-order valence-corrected chi connectivity index (χ0v) is 13.2. The van der Waals surface area contributed by atoms with Crippen LogP contribution in [0.4, 0.5) is 0 Å². The lowest BCUT2D eigenvalue weighted by Crippen LogP contribution is -1.86. The molecule has 2 aromatic rings. The number of hydrogen-bond acceptors (Lipinski definition) is 1. The molecule has 2 rings (SSSR count). The number of carboxylic acid groups (broad SMARTS) is 1. The van der Waals surface area contributed by atoms with Gasteiger partial charge in [-0.25, -0.2) is 0 Å². The molecule has 2 nitrogen and oxygen atoms in total. The number of halogens is 1. The highest BCUT2D eigenvalue weighted by Crippen LogP contribution is 2.24. The number of hydrogen-bond donors (Lipinski definition) is 1. The molecule has 0 aliphatic carbocycles. The van der Waals surface area contributed by atoms with Crippen LogP contribution in [0.25, 0.3) is 11.1 Å². The Morgan fingerprint density at radius 3 is 2.32 bits per heavy atom. The van der Waals surface area contributed by atoms with E-state index in [0.717, 1.165) is 0 Å². The molecule has 0 radical (unpaired) electrons. The number of carboxylic acids is 1. The highest BCUT2D eigenvalue weighted by atomic mass is 127. The maximum atomic E-state index is 9.37. The first-order chi connectivity index (χ1) is 9.04. The third-order valence-corrected chi connectivity index (χ3v) is 3.25. The molecule has 100 valence electrons. The molecule has 1 N–H and O–H groups in total. The maximum absolute atomic E-state index is 9.37. The molecule has 0 amide bonds. The normalized spacial score (nSPS) is 9.42. The van der Waals surface area contributed by atoms with Gasteiger partial charge >= 0.3 is 5.97 Å². The third-order valence-electron chi connectivity index (χ3n) is 2.58. The summed E-state index contributed by atoms with van der Waals surface area (Å²) < 4.78 is 1.28. The summed E-state index contributed by atoms with van der Waals surface area (Å²) in [5.74, 6) is -0.745. The van der Waals surface area contributed by atoms with Gasteiger partial charge in [-0.1, -0.05) is 43.3 Å². The summed E-state index contributed by atoms with van der Waals surface area (Å²) in [7, 11) is 0. The molecule has 0 spiro atoms. The maximum Gasteiger partial charge on any atom is 0.303 e. The van der Waals surface area contributed by atoms with Gasteiger partial charge < -0.3 is 5.11 Å². The van der Waals surface area contributed by atoms with Crippen molar-refractivity contribution in [1.82, 2.24) is 0 Å². The van der Waals surface area contributed by atoms with E-state index >= 15 is 0 Å². The molecule has 3 heteroatoms. The van der Waals surface area contributed by atoms with Gasteiger partial charge in [0.2, 0.25) is 0 Å². The molecule has 0 fully saturated rings. The highest BCUT2D eigenvalue weighted by molar-refractivity contribution is 14.1. The van der Waals surface area contributed by atoms with Crippen LogP contribution in [0.3, 0.4) is 0 Å². The summed E-state index contributed by atoms with van der Waals surface area (Å²) in [6, 6.07) is 17.1. The Bertz CT molecular complexity index is 550. The third kappa shape index (κ3) is 5.42. The van der Waals surface area contributed by atoms with Crippen LogP contribution in [-0.4, -0.2) is 11.1 Å². The first-order valence-corrected chi connectivity index (χ1v) is 7.15. The Balaban J connectivity index is 0.000000312. The molecule has 0 saturated heterocycles. The molecule has 0 aromatic heterocycles. The van der Waals surface area contributed by atoms with E-state index in [2.05, 4.69) is 78.0 Å². The summed E-state index contributed by atoms with van der Waals surface area (Å²) in [5, 5.41) is 7.72. The van der Waals surface area contributed by atoms with E-state index in [9.17, 15) is 4.79 Å². The molecule has 0 unspecified atom stereocenters. The standard InChI is InChI=1S/C13H11I.C3H6O2/c1-10-5-2-3-8-13(10)11-6-4-7-12(14)9-11;1-2-3(4)5/h2-9H,1H3;2H2,1H3,(H,4,5). The molecular formula is C16H17IO2. The van der Waals surface area contributed by atoms with E-state index in [1.807, 2.05) is 0 Å². The van der Waals surface area contributed by atoms with Crippen LogP contribution >= 0.6 is 22.6 Å². The van der Waals surface area contributed by atoms with Crippen molar-refractivity contribution >= 4 is 28.6 Å². The Hall–Kier alpha value is -1.36. The predicted octanol–water partition coefficient (Wildman–Crippen LogP) is 4.75. The van der Waals surface area contributed by atoms with E-state index in [1.165, 1.54) is 20.3 Å². The van der Waals surface area contributed by atoms with Gasteiger partial charge in [-0.2, -0.15) is 0 Å². The molecular weight excluding hydrogens is 351 g/mol. The second-order valence-corrected chi connectivity index (χ2v) is 5.32. The van der Waals surface area contributed by atoms with Crippen molar-refractivity contribution in [2.24, 2.45) is 0 Å². The van der Waals surface area contributed by atoms with E-state index in [1.54, 1.807) is 6.92 Å². The molecule has 2 aromatic carbocycles. The number of aliphatic carboxylic acids is 1. The van der Waals surface area contributed by atoms with Crippen LogP contribution in [0.15, 0.2) is 48.5 Å². The van der Waals surface area contributed by atoms with Crippen molar-refractivity contribution in [1.29, 1.82) is 0 Å². The van der Waals surface area contributed by atoms with E-state index < -0.39 is 5.97 Å². The van der Waals surface area contributed by atoms with Crippen LogP contribution in [0.5, 0.6) is 0 Å². The average Bonchev–Trinajstić information content (AvgIpc) is 2.40. The minimum atomic E-state index is -0.745. The molecule has 0 heterocycles. The fourth-order valence-electron chi connectivity index (χ4n) is 1.55. The second-order valence-electron chi connectivity index (χ2n) is 4.07. The van der Waals surface area contributed by atoms with Gasteiger partial charge in [0, 0.05) is 9.99 Å². The Morgan fingerprint density at radius 2 is 1.79 bits per heavy atom. The van der Waals surface area contributed by atoms with Crippen molar-refractivity contribution in [3.05, 3.63) is 57.7 Å². The topological polar surface area (TPSA) is 37.3 Å². The van der Waals surface area contributed by atoms with E-state index in [-0.39, 0.29) is 6.42 Å². The lowest BCUT2D eigenvalue weighted by Gasteiger charge is -2.05. The molecule has 0 atom stereocenters. The van der Waals surface area contributed by atoms with Crippen molar-refractivity contribution < 1.29 is 9.90 Å². The number of benzene rings is 2. The monoisotopic (exact) mass is 368 g/mol. The lowest BCUT2D eigenvalue weighted by atomic mass is 10.0. The Kier molecular flexibility index (Phi) is 6.56. The van der Waals surface area contributed by atoms with Gasteiger partial charge in [-0.05, 0) is 58.3 Å². The van der Waals surface area contributed by atoms with E-state index in [4.69, 9.17) is 5.11 Å².